The molecule has 0 aliphatic heterocycles. The van der Waals surface area contributed by atoms with Crippen LogP contribution in [-0.4, -0.2) is 37.9 Å². The number of carbonyl (C=O) groups excluding carboxylic acids is 1. The number of hydrogen-bond donors (Lipinski definition) is 2. The largest absolute Gasteiger partial charge is 0.391 e. The Labute approximate surface area is 135 Å². The molecule has 0 spiro atoms. The lowest BCUT2D eigenvalue weighted by atomic mass is 9.92. The van der Waals surface area contributed by atoms with Gasteiger partial charge >= 0.3 is 0 Å². The molecule has 2 atom stereocenters. The fraction of sp³-hybridized carbons (Fsp3) is 0.471. The minimum Gasteiger partial charge on any atom is -0.391 e. The van der Waals surface area contributed by atoms with E-state index in [4.69, 9.17) is 0 Å². The molecule has 3 rings (SSSR count). The summed E-state index contributed by atoms with van der Waals surface area (Å²) >= 11 is 0. The van der Waals surface area contributed by atoms with Crippen LogP contribution in [-0.2, 0) is 6.54 Å². The molecule has 0 radical (unpaired) electrons. The number of nitrogens with zero attached hydrogens (tertiary/aromatic N) is 3. The zero-order chi connectivity index (χ0) is 16.2. The Morgan fingerprint density at radius 3 is 2.74 bits per heavy atom. The molecule has 1 saturated carbocycles. The highest BCUT2D eigenvalue weighted by Crippen LogP contribution is 2.20. The summed E-state index contributed by atoms with van der Waals surface area (Å²) < 4.78 is 1.95. The van der Waals surface area contributed by atoms with Crippen molar-refractivity contribution in [2.24, 2.45) is 0 Å². The van der Waals surface area contributed by atoms with Gasteiger partial charge in [-0.2, -0.15) is 0 Å². The fourth-order valence-electron chi connectivity index (χ4n) is 3.01. The summed E-state index contributed by atoms with van der Waals surface area (Å²) in [6, 6.07) is 7.19. The molecule has 1 heterocycles. The molecular formula is C17H22N4O2. The molecule has 6 heteroatoms. The second-order valence-corrected chi connectivity index (χ2v) is 5.95. The van der Waals surface area contributed by atoms with Crippen molar-refractivity contribution in [1.82, 2.24) is 20.1 Å². The first-order valence-corrected chi connectivity index (χ1v) is 8.16. The van der Waals surface area contributed by atoms with Crippen LogP contribution in [0.5, 0.6) is 0 Å². The molecule has 1 amide bonds. The molecule has 1 aliphatic rings. The van der Waals surface area contributed by atoms with Crippen molar-refractivity contribution in [3.63, 3.8) is 0 Å². The maximum absolute atomic E-state index is 12.3. The molecular weight excluding hydrogens is 292 g/mol. The van der Waals surface area contributed by atoms with Crippen molar-refractivity contribution in [3.8, 4) is 11.4 Å². The van der Waals surface area contributed by atoms with E-state index in [-0.39, 0.29) is 11.9 Å². The highest BCUT2D eigenvalue weighted by molar-refractivity contribution is 5.94. The highest BCUT2D eigenvalue weighted by atomic mass is 16.3. The Kier molecular flexibility index (Phi) is 4.71. The van der Waals surface area contributed by atoms with E-state index in [0.717, 1.165) is 43.6 Å². The molecule has 23 heavy (non-hydrogen) atoms. The third kappa shape index (κ3) is 3.42. The van der Waals surface area contributed by atoms with E-state index >= 15 is 0 Å². The first-order valence-electron chi connectivity index (χ1n) is 8.16. The van der Waals surface area contributed by atoms with E-state index in [1.807, 2.05) is 23.6 Å². The second kappa shape index (κ2) is 6.91. The van der Waals surface area contributed by atoms with Gasteiger partial charge in [-0.25, -0.2) is 0 Å². The van der Waals surface area contributed by atoms with Crippen LogP contribution in [0.2, 0.25) is 0 Å². The number of aromatic nitrogens is 3. The summed E-state index contributed by atoms with van der Waals surface area (Å²) in [5.41, 5.74) is 1.52. The first kappa shape index (κ1) is 15.7. The quantitative estimate of drug-likeness (QED) is 0.904. The summed E-state index contributed by atoms with van der Waals surface area (Å²) in [7, 11) is 0. The van der Waals surface area contributed by atoms with Crippen molar-refractivity contribution in [2.75, 3.05) is 0 Å². The van der Waals surface area contributed by atoms with Gasteiger partial charge in [0.15, 0.2) is 5.82 Å². The van der Waals surface area contributed by atoms with Crippen molar-refractivity contribution >= 4 is 5.91 Å². The van der Waals surface area contributed by atoms with Gasteiger partial charge in [0.25, 0.3) is 5.91 Å². The maximum atomic E-state index is 12.3. The monoisotopic (exact) mass is 314 g/mol. The first-order chi connectivity index (χ1) is 11.2. The van der Waals surface area contributed by atoms with Gasteiger partial charge < -0.3 is 15.0 Å². The lowest BCUT2D eigenvalue weighted by Crippen LogP contribution is -2.45. The Balaban J connectivity index is 1.70. The summed E-state index contributed by atoms with van der Waals surface area (Å²) in [5.74, 6) is 0.654. The van der Waals surface area contributed by atoms with Gasteiger partial charge in [-0.1, -0.05) is 25.0 Å². The van der Waals surface area contributed by atoms with Gasteiger partial charge in [0.05, 0.1) is 12.1 Å². The standard InChI is InChI=1S/C17H22N4O2/c1-2-21-11-18-20-16(21)12-7-9-13(10-8-12)17(23)19-14-5-3-4-6-15(14)22/h7-11,14-15,22H,2-6H2,1H3,(H,19,23). The van der Waals surface area contributed by atoms with E-state index in [9.17, 15) is 9.90 Å². The lowest BCUT2D eigenvalue weighted by molar-refractivity contribution is 0.0717. The van der Waals surface area contributed by atoms with Crippen LogP contribution in [0.25, 0.3) is 11.4 Å². The fourth-order valence-corrected chi connectivity index (χ4v) is 3.01. The van der Waals surface area contributed by atoms with Crippen LogP contribution in [0, 0.1) is 0 Å². The van der Waals surface area contributed by atoms with E-state index in [1.165, 1.54) is 0 Å². The van der Waals surface area contributed by atoms with Crippen molar-refractivity contribution in [3.05, 3.63) is 36.2 Å². The molecule has 2 N–H and O–H groups in total. The topological polar surface area (TPSA) is 80.0 Å². The number of amides is 1. The molecule has 2 unspecified atom stereocenters. The van der Waals surface area contributed by atoms with Crippen molar-refractivity contribution in [1.29, 1.82) is 0 Å². The predicted octanol–water partition coefficient (Wildman–Crippen LogP) is 2.00. The predicted molar refractivity (Wildman–Crippen MR) is 86.9 cm³/mol. The van der Waals surface area contributed by atoms with Gasteiger partial charge in [-0.15, -0.1) is 10.2 Å². The Hall–Kier alpha value is -2.21. The van der Waals surface area contributed by atoms with Crippen LogP contribution < -0.4 is 5.32 Å². The Morgan fingerprint density at radius 2 is 2.04 bits per heavy atom. The molecule has 1 fully saturated rings. The number of aryl methyl sites for hydroxylation is 1. The Bertz CT molecular complexity index is 665. The minimum absolute atomic E-state index is 0.139. The lowest BCUT2D eigenvalue weighted by Gasteiger charge is -2.28. The number of benzene rings is 1. The summed E-state index contributed by atoms with van der Waals surface area (Å²) in [6.45, 7) is 2.83. The molecule has 6 nitrogen and oxygen atoms in total. The van der Waals surface area contributed by atoms with Gasteiger partial charge in [0.1, 0.15) is 6.33 Å². The number of rotatable bonds is 4. The number of aliphatic hydroxyl groups excluding tert-OH is 1. The van der Waals surface area contributed by atoms with E-state index < -0.39 is 6.10 Å². The number of nitrogens with one attached hydrogen (secondary N) is 1. The second-order valence-electron chi connectivity index (χ2n) is 5.95. The van der Waals surface area contributed by atoms with Gasteiger partial charge in [-0.05, 0) is 31.9 Å². The normalized spacial score (nSPS) is 21.1. The number of hydrogen-bond acceptors (Lipinski definition) is 4. The van der Waals surface area contributed by atoms with Gasteiger partial charge in [-0.3, -0.25) is 4.79 Å². The molecule has 1 aliphatic carbocycles. The van der Waals surface area contributed by atoms with Crippen LogP contribution in [0.15, 0.2) is 30.6 Å². The van der Waals surface area contributed by atoms with Crippen LogP contribution >= 0.6 is 0 Å². The zero-order valence-electron chi connectivity index (χ0n) is 13.3. The number of carbonyl (C=O) groups is 1. The molecule has 1 aromatic heterocycles. The van der Waals surface area contributed by atoms with Crippen molar-refractivity contribution in [2.45, 2.75) is 51.3 Å². The smallest absolute Gasteiger partial charge is 0.251 e. The summed E-state index contributed by atoms with van der Waals surface area (Å²) in [4.78, 5) is 12.3. The summed E-state index contributed by atoms with van der Waals surface area (Å²) in [6.07, 6.45) is 4.94. The molecule has 0 bridgehead atoms. The van der Waals surface area contributed by atoms with Crippen LogP contribution in [0.3, 0.4) is 0 Å². The van der Waals surface area contributed by atoms with E-state index in [0.29, 0.717) is 5.56 Å². The van der Waals surface area contributed by atoms with Crippen LogP contribution in [0.4, 0.5) is 0 Å². The molecule has 1 aromatic carbocycles. The van der Waals surface area contributed by atoms with E-state index in [1.54, 1.807) is 18.5 Å². The molecule has 122 valence electrons. The van der Waals surface area contributed by atoms with Crippen molar-refractivity contribution < 1.29 is 9.90 Å². The van der Waals surface area contributed by atoms with Crippen LogP contribution in [0.1, 0.15) is 43.0 Å². The SMILES string of the molecule is CCn1cnnc1-c1ccc(C(=O)NC2CCCCC2O)cc1. The molecule has 2 aromatic rings. The van der Waals surface area contributed by atoms with Gasteiger partial charge in [0.2, 0.25) is 0 Å². The van der Waals surface area contributed by atoms with Gasteiger partial charge in [0, 0.05) is 17.7 Å². The summed E-state index contributed by atoms with van der Waals surface area (Å²) in [5, 5.41) is 20.9. The minimum atomic E-state index is -0.435. The highest BCUT2D eigenvalue weighted by Gasteiger charge is 2.24. The Morgan fingerprint density at radius 1 is 1.30 bits per heavy atom. The van der Waals surface area contributed by atoms with E-state index in [2.05, 4.69) is 15.5 Å². The number of aliphatic hydroxyl groups is 1. The molecule has 0 saturated heterocycles. The third-order valence-corrected chi connectivity index (χ3v) is 4.41. The maximum Gasteiger partial charge on any atom is 0.251 e. The average Bonchev–Trinajstić information content (AvgIpc) is 3.05. The average molecular weight is 314 g/mol. The zero-order valence-corrected chi connectivity index (χ0v) is 13.3. The third-order valence-electron chi connectivity index (χ3n) is 4.41.